The minimum absolute atomic E-state index is 2.66. The summed E-state index contributed by atoms with van der Waals surface area (Å²) in [4.78, 5) is 21.8. The fraction of sp³-hybridized carbons (Fsp3) is 0.600. The van der Waals surface area contributed by atoms with E-state index >= 15 is 0 Å². The number of aliphatic hydroxyl groups excluding tert-OH is 2. The van der Waals surface area contributed by atoms with Crippen molar-refractivity contribution in [2.45, 2.75) is 10.9 Å². The summed E-state index contributed by atoms with van der Waals surface area (Å²) in [7, 11) is -10.5. The highest BCUT2D eigenvalue weighted by molar-refractivity contribution is 7.90. The Morgan fingerprint density at radius 2 is 1.05 bits per heavy atom. The van der Waals surface area contributed by atoms with Gasteiger partial charge in [0.05, 0.1) is 0 Å². The number of carboxylic acids is 2. The maximum atomic E-state index is 10.9. The molecular weight excluding hydrogens is 312 g/mol. The van der Waals surface area contributed by atoms with Gasteiger partial charge in [-0.15, -0.1) is 0 Å². The summed E-state index contributed by atoms with van der Waals surface area (Å²) in [6, 6.07) is 0. The van der Waals surface area contributed by atoms with Gasteiger partial charge in [0.2, 0.25) is 25.5 Å². The van der Waals surface area contributed by atoms with Gasteiger partial charge < -0.3 is 20.4 Å². The molecule has 0 spiro atoms. The predicted octanol–water partition coefficient (Wildman–Crippen LogP) is -4.64. The van der Waals surface area contributed by atoms with E-state index in [1.165, 1.54) is 0 Å². The Kier molecular flexibility index (Phi) is 4.64. The molecule has 0 aromatic rings. The molecule has 0 fully saturated rings. The van der Waals surface area contributed by atoms with Gasteiger partial charge in [0.15, 0.2) is 10.9 Å². The van der Waals surface area contributed by atoms with E-state index in [9.17, 15) is 36.6 Å². The Labute approximate surface area is 106 Å². The molecule has 112 valence electrons. The highest BCUT2D eigenvalue weighted by Gasteiger charge is 2.65. The molecule has 14 heteroatoms. The average molecular weight is 322 g/mol. The van der Waals surface area contributed by atoms with E-state index in [4.69, 9.17) is 10.2 Å². The largest absolute Gasteiger partial charge is 0.480 e. The Morgan fingerprint density at radius 1 is 0.842 bits per heavy atom. The molecule has 8 N–H and O–H groups in total. The number of hydrogen-bond donors (Lipinski definition) is 6. The van der Waals surface area contributed by atoms with Gasteiger partial charge in [0, 0.05) is 0 Å². The first-order valence-corrected chi connectivity index (χ1v) is 7.28. The third kappa shape index (κ3) is 2.99. The van der Waals surface area contributed by atoms with Crippen molar-refractivity contribution in [1.29, 1.82) is 0 Å². The lowest BCUT2D eigenvalue weighted by atomic mass is 9.90. The number of aliphatic hydroxyl groups is 2. The van der Waals surface area contributed by atoms with Crippen molar-refractivity contribution < 1.29 is 46.9 Å². The number of carboxylic acid groups (broad SMARTS) is 2. The Bertz CT molecular complexity index is 537. The Morgan fingerprint density at radius 3 is 1.16 bits per heavy atom. The van der Waals surface area contributed by atoms with E-state index in [2.05, 4.69) is 10.3 Å². The van der Waals surface area contributed by atoms with Crippen molar-refractivity contribution in [3.63, 3.8) is 0 Å². The fourth-order valence-corrected chi connectivity index (χ4v) is 2.94. The van der Waals surface area contributed by atoms with Crippen LogP contribution < -0.4 is 10.3 Å². The van der Waals surface area contributed by atoms with E-state index in [1.807, 2.05) is 0 Å². The first-order chi connectivity index (χ1) is 8.20. The molecule has 19 heavy (non-hydrogen) atoms. The molecule has 0 heterocycles. The highest BCUT2D eigenvalue weighted by atomic mass is 32.2. The Hall–Kier alpha value is -1.32. The lowest BCUT2D eigenvalue weighted by Gasteiger charge is -2.31. The molecule has 0 aliphatic rings. The number of sulfonamides is 2. The molecule has 12 nitrogen and oxygen atoms in total. The second-order valence-electron chi connectivity index (χ2n) is 3.36. The smallest absolute Gasteiger partial charge is 0.328 e. The number of nitrogens with two attached hydrogens (primary N) is 2. The average Bonchev–Trinajstić information content (AvgIpc) is 2.14. The number of rotatable bonds is 6. The van der Waals surface area contributed by atoms with Crippen LogP contribution in [0.4, 0.5) is 0 Å². The normalized spacial score (nSPS) is 16.6. The van der Waals surface area contributed by atoms with E-state index in [1.54, 1.807) is 0 Å². The van der Waals surface area contributed by atoms with E-state index in [0.717, 1.165) is 0 Å². The molecule has 0 bridgehead atoms. The van der Waals surface area contributed by atoms with Crippen LogP contribution in [0.25, 0.3) is 0 Å². The van der Waals surface area contributed by atoms with Crippen LogP contribution in [-0.2, 0) is 29.6 Å². The molecule has 0 radical (unpaired) electrons. The molecule has 0 aromatic carbocycles. The zero-order valence-corrected chi connectivity index (χ0v) is 10.5. The summed E-state index contributed by atoms with van der Waals surface area (Å²) in [6.07, 6.45) is 0. The van der Waals surface area contributed by atoms with Crippen LogP contribution in [0.3, 0.4) is 0 Å². The van der Waals surface area contributed by atoms with Crippen molar-refractivity contribution in [1.82, 2.24) is 0 Å². The van der Waals surface area contributed by atoms with Crippen LogP contribution in [-0.4, -0.2) is 60.1 Å². The topological polar surface area (TPSA) is 235 Å². The van der Waals surface area contributed by atoms with Crippen molar-refractivity contribution >= 4 is 32.0 Å². The summed E-state index contributed by atoms with van der Waals surface area (Å²) in [5.74, 6) is -5.33. The predicted molar refractivity (Wildman–Crippen MR) is 55.9 cm³/mol. The SMILES string of the molecule is NS(=O)(=O)C(O)C(C(=O)O)(C(=O)O)C(O)S(N)(=O)=O. The zero-order chi connectivity index (χ0) is 15.8. The highest BCUT2D eigenvalue weighted by Crippen LogP contribution is 2.32. The third-order valence-electron chi connectivity index (χ3n) is 2.11. The van der Waals surface area contributed by atoms with Crippen LogP contribution in [0, 0.1) is 5.41 Å². The maximum absolute atomic E-state index is 10.9. The minimum Gasteiger partial charge on any atom is -0.480 e. The first kappa shape index (κ1) is 17.7. The number of hydrogen-bond acceptors (Lipinski definition) is 8. The molecule has 2 unspecified atom stereocenters. The lowest BCUT2D eigenvalue weighted by Crippen LogP contribution is -2.63. The van der Waals surface area contributed by atoms with Crippen molar-refractivity contribution in [3.05, 3.63) is 0 Å². The molecule has 0 saturated carbocycles. The van der Waals surface area contributed by atoms with Gasteiger partial charge in [0.25, 0.3) is 0 Å². The van der Waals surface area contributed by atoms with Gasteiger partial charge in [-0.25, -0.2) is 27.1 Å². The van der Waals surface area contributed by atoms with E-state index in [0.29, 0.717) is 0 Å². The fourth-order valence-electron chi connectivity index (χ4n) is 1.15. The number of primary sulfonamides is 2. The number of aliphatic carboxylic acids is 2. The van der Waals surface area contributed by atoms with Gasteiger partial charge in [-0.2, -0.15) is 0 Å². The number of carbonyl (C=O) groups is 2. The standard InChI is InChI=1S/C5H10N2O10S2/c6-18(14,15)3(12)5(1(8)9,2(10)11)4(13)19(7,16)17/h3-4,12-13H,(H,8,9)(H,10,11)(H2,6,14,15)(H2,7,16,17). The van der Waals surface area contributed by atoms with E-state index < -0.39 is 48.3 Å². The second-order valence-corrected chi connectivity index (χ2v) is 6.61. The summed E-state index contributed by atoms with van der Waals surface area (Å²) < 4.78 is 43.5. The molecule has 0 aliphatic carbocycles. The molecule has 0 amide bonds. The van der Waals surface area contributed by atoms with Crippen LogP contribution in [0.15, 0.2) is 0 Å². The monoisotopic (exact) mass is 322 g/mol. The summed E-state index contributed by atoms with van der Waals surface area (Å²) in [5, 5.41) is 44.6. The molecule has 0 rings (SSSR count). The molecular formula is C5H10N2O10S2. The van der Waals surface area contributed by atoms with Crippen LogP contribution in [0.2, 0.25) is 0 Å². The van der Waals surface area contributed by atoms with Gasteiger partial charge in [-0.05, 0) is 0 Å². The van der Waals surface area contributed by atoms with Crippen molar-refractivity contribution in [3.8, 4) is 0 Å². The minimum atomic E-state index is -5.24. The molecule has 0 aromatic heterocycles. The lowest BCUT2D eigenvalue weighted by molar-refractivity contribution is -0.175. The van der Waals surface area contributed by atoms with Gasteiger partial charge >= 0.3 is 11.9 Å². The van der Waals surface area contributed by atoms with Crippen LogP contribution in [0.5, 0.6) is 0 Å². The first-order valence-electron chi connectivity index (χ1n) is 4.06. The molecule has 2 atom stereocenters. The molecule has 0 aliphatic heterocycles. The zero-order valence-electron chi connectivity index (χ0n) is 8.86. The third-order valence-corrected chi connectivity index (χ3v) is 4.10. The van der Waals surface area contributed by atoms with Crippen LogP contribution >= 0.6 is 0 Å². The Balaban J connectivity index is 6.49. The quantitative estimate of drug-likeness (QED) is 0.255. The second kappa shape index (κ2) is 4.99. The van der Waals surface area contributed by atoms with Gasteiger partial charge in [-0.3, -0.25) is 9.59 Å². The summed E-state index contributed by atoms with van der Waals surface area (Å²) in [6.45, 7) is 0. The summed E-state index contributed by atoms with van der Waals surface area (Å²) in [5.41, 5.74) is -11.0. The van der Waals surface area contributed by atoms with E-state index in [-0.39, 0.29) is 0 Å². The summed E-state index contributed by atoms with van der Waals surface area (Å²) >= 11 is 0. The molecule has 0 saturated heterocycles. The van der Waals surface area contributed by atoms with Gasteiger partial charge in [0.1, 0.15) is 0 Å². The van der Waals surface area contributed by atoms with Crippen molar-refractivity contribution in [2.24, 2.45) is 15.7 Å². The van der Waals surface area contributed by atoms with Gasteiger partial charge in [-0.1, -0.05) is 0 Å². The maximum Gasteiger partial charge on any atom is 0.328 e. The van der Waals surface area contributed by atoms with Crippen LogP contribution in [0.1, 0.15) is 0 Å². The van der Waals surface area contributed by atoms with Crippen molar-refractivity contribution in [2.75, 3.05) is 0 Å².